The van der Waals surface area contributed by atoms with Gasteiger partial charge in [0, 0.05) is 25.2 Å². The van der Waals surface area contributed by atoms with Crippen molar-refractivity contribution in [2.45, 2.75) is 25.4 Å². The van der Waals surface area contributed by atoms with Crippen LogP contribution in [0.4, 0.5) is 18.9 Å². The summed E-state index contributed by atoms with van der Waals surface area (Å²) in [5.41, 5.74) is -0.356. The van der Waals surface area contributed by atoms with E-state index in [0.717, 1.165) is 18.9 Å². The van der Waals surface area contributed by atoms with E-state index in [2.05, 4.69) is 6.07 Å². The fraction of sp³-hybridized carbons (Fsp3) is 0.500. The third-order valence-corrected chi connectivity index (χ3v) is 3.45. The molecule has 0 saturated carbocycles. The van der Waals surface area contributed by atoms with Gasteiger partial charge in [0.05, 0.1) is 11.6 Å². The molecule has 1 heterocycles. The highest BCUT2D eigenvalue weighted by molar-refractivity contribution is 5.55. The summed E-state index contributed by atoms with van der Waals surface area (Å²) in [5, 5.41) is 8.71. The average Bonchev–Trinajstić information content (AvgIpc) is 2.38. The minimum Gasteiger partial charge on any atom is -0.371 e. The molecule has 2 nitrogen and oxygen atoms in total. The van der Waals surface area contributed by atoms with Gasteiger partial charge in [0.15, 0.2) is 0 Å². The average molecular weight is 268 g/mol. The first-order valence-corrected chi connectivity index (χ1v) is 6.30. The maximum atomic E-state index is 13.0. The number of piperidine rings is 1. The monoisotopic (exact) mass is 268 g/mol. The molecule has 0 aromatic heterocycles. The number of rotatable bonds is 2. The van der Waals surface area contributed by atoms with Gasteiger partial charge in [-0.15, -0.1) is 0 Å². The van der Waals surface area contributed by atoms with Crippen molar-refractivity contribution in [2.75, 3.05) is 18.0 Å². The van der Waals surface area contributed by atoms with E-state index in [4.69, 9.17) is 5.26 Å². The molecular weight excluding hydrogens is 253 g/mol. The van der Waals surface area contributed by atoms with Crippen molar-refractivity contribution in [3.8, 4) is 6.07 Å². The van der Waals surface area contributed by atoms with Gasteiger partial charge in [-0.3, -0.25) is 0 Å². The number of para-hydroxylation sites is 1. The summed E-state index contributed by atoms with van der Waals surface area (Å²) in [6.07, 6.45) is -2.18. The molecule has 1 aromatic rings. The number of nitriles is 1. The van der Waals surface area contributed by atoms with Crippen molar-refractivity contribution >= 4 is 5.69 Å². The van der Waals surface area contributed by atoms with E-state index in [1.165, 1.54) is 12.1 Å². The minimum atomic E-state index is -4.33. The van der Waals surface area contributed by atoms with E-state index in [-0.39, 0.29) is 11.6 Å². The predicted molar refractivity (Wildman–Crippen MR) is 66.6 cm³/mol. The number of halogens is 3. The van der Waals surface area contributed by atoms with Gasteiger partial charge in [-0.25, -0.2) is 0 Å². The van der Waals surface area contributed by atoms with Gasteiger partial charge in [-0.1, -0.05) is 12.1 Å². The second-order valence-electron chi connectivity index (χ2n) is 4.83. The van der Waals surface area contributed by atoms with E-state index in [0.29, 0.717) is 19.5 Å². The van der Waals surface area contributed by atoms with Crippen molar-refractivity contribution in [3.05, 3.63) is 29.8 Å². The van der Waals surface area contributed by atoms with Crippen LogP contribution in [0.2, 0.25) is 0 Å². The summed E-state index contributed by atoms with van der Waals surface area (Å²) in [4.78, 5) is 1.76. The second-order valence-corrected chi connectivity index (χ2v) is 4.83. The van der Waals surface area contributed by atoms with Crippen LogP contribution in [-0.4, -0.2) is 13.1 Å². The van der Waals surface area contributed by atoms with Gasteiger partial charge >= 0.3 is 6.18 Å². The van der Waals surface area contributed by atoms with E-state index in [9.17, 15) is 13.2 Å². The summed E-state index contributed by atoms with van der Waals surface area (Å²) in [6, 6.07) is 7.76. The van der Waals surface area contributed by atoms with Crippen molar-refractivity contribution in [1.82, 2.24) is 0 Å². The van der Waals surface area contributed by atoms with Crippen LogP contribution < -0.4 is 4.90 Å². The number of benzene rings is 1. The molecule has 0 spiro atoms. The van der Waals surface area contributed by atoms with Gasteiger partial charge in [0.1, 0.15) is 0 Å². The van der Waals surface area contributed by atoms with Crippen molar-refractivity contribution < 1.29 is 13.2 Å². The minimum absolute atomic E-state index is 0.167. The fourth-order valence-electron chi connectivity index (χ4n) is 2.57. The smallest absolute Gasteiger partial charge is 0.371 e. The quantitative estimate of drug-likeness (QED) is 0.815. The highest BCUT2D eigenvalue weighted by atomic mass is 19.4. The first kappa shape index (κ1) is 13.7. The molecule has 1 aliphatic heterocycles. The number of alkyl halides is 3. The summed E-state index contributed by atoms with van der Waals surface area (Å²) >= 11 is 0. The molecule has 1 saturated heterocycles. The number of anilines is 1. The molecule has 5 heteroatoms. The van der Waals surface area contributed by atoms with Crippen LogP contribution in [0.3, 0.4) is 0 Å². The Morgan fingerprint density at radius 2 is 2.05 bits per heavy atom. The van der Waals surface area contributed by atoms with Gasteiger partial charge in [0.2, 0.25) is 0 Å². The molecule has 2 rings (SSSR count). The van der Waals surface area contributed by atoms with Gasteiger partial charge in [-0.2, -0.15) is 18.4 Å². The zero-order valence-corrected chi connectivity index (χ0v) is 10.5. The molecule has 1 aliphatic rings. The van der Waals surface area contributed by atoms with Crippen LogP contribution in [0.25, 0.3) is 0 Å². The first-order chi connectivity index (χ1) is 9.02. The summed E-state index contributed by atoms with van der Waals surface area (Å²) in [6.45, 7) is 1.15. The van der Waals surface area contributed by atoms with E-state index < -0.39 is 11.7 Å². The van der Waals surface area contributed by atoms with Gasteiger partial charge in [0.25, 0.3) is 0 Å². The Labute approximate surface area is 110 Å². The van der Waals surface area contributed by atoms with Crippen LogP contribution >= 0.6 is 0 Å². The lowest BCUT2D eigenvalue weighted by Gasteiger charge is -2.35. The van der Waals surface area contributed by atoms with E-state index in [1.54, 1.807) is 11.0 Å². The van der Waals surface area contributed by atoms with Crippen LogP contribution in [0.5, 0.6) is 0 Å². The zero-order chi connectivity index (χ0) is 13.9. The topological polar surface area (TPSA) is 27.0 Å². The number of hydrogen-bond donors (Lipinski definition) is 0. The third-order valence-electron chi connectivity index (χ3n) is 3.45. The van der Waals surface area contributed by atoms with Crippen LogP contribution in [-0.2, 0) is 6.18 Å². The highest BCUT2D eigenvalue weighted by Crippen LogP contribution is 2.37. The second kappa shape index (κ2) is 5.52. The van der Waals surface area contributed by atoms with Crippen LogP contribution in [0.15, 0.2) is 24.3 Å². The summed E-state index contributed by atoms with van der Waals surface area (Å²) in [7, 11) is 0. The normalized spacial score (nSPS) is 20.1. The Kier molecular flexibility index (Phi) is 3.98. The van der Waals surface area contributed by atoms with Gasteiger partial charge in [-0.05, 0) is 30.9 Å². The molecule has 1 atom stereocenters. The molecule has 1 unspecified atom stereocenters. The zero-order valence-electron chi connectivity index (χ0n) is 10.5. The first-order valence-electron chi connectivity index (χ1n) is 6.30. The SMILES string of the molecule is N#CCC1CCCN(c2ccccc2C(F)(F)F)C1. The summed E-state index contributed by atoms with van der Waals surface area (Å²) in [5.74, 6) is 0.167. The lowest BCUT2D eigenvalue weighted by Crippen LogP contribution is -2.36. The molecule has 1 fully saturated rings. The van der Waals surface area contributed by atoms with E-state index in [1.807, 2.05) is 0 Å². The standard InChI is InChI=1S/C14H15F3N2/c15-14(16,17)12-5-1-2-6-13(12)19-9-3-4-11(10-19)7-8-18/h1-2,5-6,11H,3-4,7,9-10H2. The van der Waals surface area contributed by atoms with E-state index >= 15 is 0 Å². The molecular formula is C14H15F3N2. The molecule has 0 N–H and O–H groups in total. The van der Waals surface area contributed by atoms with Crippen molar-refractivity contribution in [2.24, 2.45) is 5.92 Å². The maximum Gasteiger partial charge on any atom is 0.418 e. The molecule has 1 aromatic carbocycles. The predicted octanol–water partition coefficient (Wildman–Crippen LogP) is 3.84. The Balaban J connectivity index is 2.24. The lowest BCUT2D eigenvalue weighted by molar-refractivity contribution is -0.137. The Morgan fingerprint density at radius 3 is 2.74 bits per heavy atom. The summed E-state index contributed by atoms with van der Waals surface area (Å²) < 4.78 is 38.9. The number of nitrogens with zero attached hydrogens (tertiary/aromatic N) is 2. The van der Waals surface area contributed by atoms with Crippen molar-refractivity contribution in [3.63, 3.8) is 0 Å². The number of hydrogen-bond acceptors (Lipinski definition) is 2. The molecule has 0 radical (unpaired) electrons. The third kappa shape index (κ3) is 3.19. The molecule has 102 valence electrons. The molecule has 0 bridgehead atoms. The van der Waals surface area contributed by atoms with Crippen LogP contribution in [0, 0.1) is 17.2 Å². The van der Waals surface area contributed by atoms with Crippen LogP contribution in [0.1, 0.15) is 24.8 Å². The highest BCUT2D eigenvalue weighted by Gasteiger charge is 2.35. The lowest BCUT2D eigenvalue weighted by atomic mass is 9.94. The largest absolute Gasteiger partial charge is 0.418 e. The fourth-order valence-corrected chi connectivity index (χ4v) is 2.57. The Hall–Kier alpha value is -1.70. The molecule has 0 amide bonds. The van der Waals surface area contributed by atoms with Crippen molar-refractivity contribution in [1.29, 1.82) is 5.26 Å². The molecule has 0 aliphatic carbocycles. The Bertz CT molecular complexity index is 476. The molecule has 19 heavy (non-hydrogen) atoms. The van der Waals surface area contributed by atoms with Gasteiger partial charge < -0.3 is 4.90 Å². The Morgan fingerprint density at radius 1 is 1.32 bits per heavy atom. The maximum absolute atomic E-state index is 13.0.